The predicted molar refractivity (Wildman–Crippen MR) is 83.3 cm³/mol. The van der Waals surface area contributed by atoms with Gasteiger partial charge >= 0.3 is 0 Å². The number of carbonyl (C=O) groups excluding carboxylic acids is 1. The first-order valence-corrected chi connectivity index (χ1v) is 7.40. The van der Waals surface area contributed by atoms with Gasteiger partial charge in [0.25, 0.3) is 0 Å². The quantitative estimate of drug-likeness (QED) is 0.684. The smallest absolute Gasteiger partial charge is 0.179 e. The summed E-state index contributed by atoms with van der Waals surface area (Å²) in [5.74, 6) is 0.166. The van der Waals surface area contributed by atoms with Crippen molar-refractivity contribution in [2.24, 2.45) is 0 Å². The summed E-state index contributed by atoms with van der Waals surface area (Å²) in [4.78, 5) is 14.4. The van der Waals surface area contributed by atoms with E-state index in [9.17, 15) is 4.79 Å². The van der Waals surface area contributed by atoms with Gasteiger partial charge in [-0.3, -0.25) is 9.69 Å². The van der Waals surface area contributed by atoms with Crippen LogP contribution in [0.1, 0.15) is 43.6 Å². The van der Waals surface area contributed by atoms with Gasteiger partial charge < -0.3 is 4.74 Å². The summed E-state index contributed by atoms with van der Waals surface area (Å²) in [5, 5.41) is 0. The summed E-state index contributed by atoms with van der Waals surface area (Å²) in [6, 6.07) is 7.79. The summed E-state index contributed by atoms with van der Waals surface area (Å²) >= 11 is 0. The zero-order valence-electron chi connectivity index (χ0n) is 13.3. The lowest BCUT2D eigenvalue weighted by atomic mass is 10.0. The maximum absolute atomic E-state index is 12.4. The molecule has 20 heavy (non-hydrogen) atoms. The fraction of sp³-hybridized carbons (Fsp3) is 0.588. The van der Waals surface area contributed by atoms with E-state index in [0.717, 1.165) is 18.5 Å². The first-order chi connectivity index (χ1) is 9.45. The molecule has 1 unspecified atom stereocenters. The molecule has 0 aromatic heterocycles. The van der Waals surface area contributed by atoms with Crippen molar-refractivity contribution in [3.05, 3.63) is 35.4 Å². The van der Waals surface area contributed by atoms with E-state index in [4.69, 9.17) is 4.74 Å². The summed E-state index contributed by atoms with van der Waals surface area (Å²) in [6.07, 6.45) is 1.23. The lowest BCUT2D eigenvalue weighted by molar-refractivity contribution is 0.0542. The maximum Gasteiger partial charge on any atom is 0.179 e. The van der Waals surface area contributed by atoms with Gasteiger partial charge in [0.1, 0.15) is 0 Å². The number of Topliss-reactive ketones (excluding diaryl/α,β-unsaturated/α-hetero) is 1. The van der Waals surface area contributed by atoms with Gasteiger partial charge in [-0.25, -0.2) is 0 Å². The molecule has 0 aliphatic rings. The van der Waals surface area contributed by atoms with Gasteiger partial charge in [-0.2, -0.15) is 0 Å². The van der Waals surface area contributed by atoms with Gasteiger partial charge in [-0.15, -0.1) is 0 Å². The second-order valence-electron chi connectivity index (χ2n) is 5.49. The van der Waals surface area contributed by atoms with Crippen molar-refractivity contribution in [1.29, 1.82) is 0 Å². The number of rotatable bonds is 8. The number of ether oxygens (including phenoxy) is 1. The number of hydrogen-bond donors (Lipinski definition) is 0. The molecule has 0 saturated carbocycles. The Labute approximate surface area is 122 Å². The molecule has 0 heterocycles. The van der Waals surface area contributed by atoms with E-state index in [1.807, 2.05) is 57.0 Å². The van der Waals surface area contributed by atoms with E-state index in [0.29, 0.717) is 6.61 Å². The molecule has 1 aromatic carbocycles. The normalized spacial score (nSPS) is 12.9. The molecule has 1 atom stereocenters. The number of carbonyl (C=O) groups is 1. The Balaban J connectivity index is 2.56. The van der Waals surface area contributed by atoms with Crippen molar-refractivity contribution in [2.45, 2.75) is 46.3 Å². The van der Waals surface area contributed by atoms with Crippen molar-refractivity contribution in [1.82, 2.24) is 4.90 Å². The minimum Gasteiger partial charge on any atom is -0.377 e. The molecule has 0 saturated heterocycles. The zero-order chi connectivity index (χ0) is 15.1. The van der Waals surface area contributed by atoms with Gasteiger partial charge in [0.2, 0.25) is 0 Å². The first kappa shape index (κ1) is 16.9. The Morgan fingerprint density at radius 1 is 1.20 bits per heavy atom. The third kappa shape index (κ3) is 5.06. The highest BCUT2D eigenvalue weighted by Gasteiger charge is 2.19. The molecule has 0 aliphatic heterocycles. The highest BCUT2D eigenvalue weighted by molar-refractivity contribution is 5.99. The Bertz CT molecular complexity index is 412. The minimum atomic E-state index is -0.127. The molecular formula is C17H27NO2. The molecule has 3 heteroatoms. The van der Waals surface area contributed by atoms with Gasteiger partial charge in [0, 0.05) is 12.1 Å². The Morgan fingerprint density at radius 3 is 2.30 bits per heavy atom. The number of hydrogen-bond acceptors (Lipinski definition) is 3. The van der Waals surface area contributed by atoms with Crippen LogP contribution in [0.15, 0.2) is 24.3 Å². The van der Waals surface area contributed by atoms with Crippen LogP contribution in [0.25, 0.3) is 0 Å². The van der Waals surface area contributed by atoms with Gasteiger partial charge in [-0.1, -0.05) is 31.2 Å². The summed E-state index contributed by atoms with van der Waals surface area (Å²) in [5.41, 5.74) is 2.04. The monoisotopic (exact) mass is 277 g/mol. The second kappa shape index (κ2) is 8.18. The van der Waals surface area contributed by atoms with Crippen LogP contribution in [0, 0.1) is 0 Å². The molecule has 0 fully saturated rings. The van der Waals surface area contributed by atoms with E-state index < -0.39 is 0 Å². The number of benzene rings is 1. The third-order valence-corrected chi connectivity index (χ3v) is 3.58. The predicted octanol–water partition coefficient (Wildman–Crippen LogP) is 3.18. The van der Waals surface area contributed by atoms with Crippen molar-refractivity contribution in [3.8, 4) is 0 Å². The van der Waals surface area contributed by atoms with Crippen molar-refractivity contribution >= 4 is 5.78 Å². The Kier molecular flexibility index (Phi) is 6.89. The highest BCUT2D eigenvalue weighted by atomic mass is 16.5. The first-order valence-electron chi connectivity index (χ1n) is 7.40. The average Bonchev–Trinajstić information content (AvgIpc) is 2.45. The van der Waals surface area contributed by atoms with Crippen LogP contribution in [0.3, 0.4) is 0 Å². The summed E-state index contributed by atoms with van der Waals surface area (Å²) < 4.78 is 5.53. The SMILES string of the molecule is CCc1ccc(C(=O)C(C)N(C)CCOC(C)C)cc1. The van der Waals surface area contributed by atoms with Crippen molar-refractivity contribution in [3.63, 3.8) is 0 Å². The van der Waals surface area contributed by atoms with E-state index in [-0.39, 0.29) is 17.9 Å². The standard InChI is InChI=1S/C17H27NO2/c1-6-15-7-9-16(10-8-15)17(19)14(4)18(5)11-12-20-13(2)3/h7-10,13-14H,6,11-12H2,1-5H3. The molecule has 3 nitrogen and oxygen atoms in total. The van der Waals surface area contributed by atoms with Crippen LogP contribution >= 0.6 is 0 Å². The van der Waals surface area contributed by atoms with Crippen LogP contribution in [-0.4, -0.2) is 43.0 Å². The molecular weight excluding hydrogens is 250 g/mol. The highest BCUT2D eigenvalue weighted by Crippen LogP contribution is 2.10. The molecule has 0 N–H and O–H groups in total. The van der Waals surface area contributed by atoms with E-state index >= 15 is 0 Å². The number of likely N-dealkylation sites (N-methyl/N-ethyl adjacent to an activating group) is 1. The molecule has 0 bridgehead atoms. The van der Waals surface area contributed by atoms with Crippen LogP contribution in [0.5, 0.6) is 0 Å². The molecule has 0 radical (unpaired) electrons. The third-order valence-electron chi connectivity index (χ3n) is 3.58. The molecule has 0 aliphatic carbocycles. The van der Waals surface area contributed by atoms with Gasteiger partial charge in [0.05, 0.1) is 18.8 Å². The fourth-order valence-corrected chi connectivity index (χ4v) is 1.97. The van der Waals surface area contributed by atoms with Gasteiger partial charge in [0.15, 0.2) is 5.78 Å². The molecule has 1 rings (SSSR count). The van der Waals surface area contributed by atoms with Crippen molar-refractivity contribution < 1.29 is 9.53 Å². The van der Waals surface area contributed by atoms with Gasteiger partial charge in [-0.05, 0) is 39.8 Å². The number of nitrogens with zero attached hydrogens (tertiary/aromatic N) is 1. The number of aryl methyl sites for hydroxylation is 1. The summed E-state index contributed by atoms with van der Waals surface area (Å²) in [7, 11) is 1.96. The summed E-state index contributed by atoms with van der Waals surface area (Å²) in [6.45, 7) is 9.51. The maximum atomic E-state index is 12.4. The molecule has 0 amide bonds. The number of ketones is 1. The van der Waals surface area contributed by atoms with Crippen LogP contribution < -0.4 is 0 Å². The fourth-order valence-electron chi connectivity index (χ4n) is 1.97. The average molecular weight is 277 g/mol. The molecule has 0 spiro atoms. The van der Waals surface area contributed by atoms with E-state index in [1.165, 1.54) is 5.56 Å². The van der Waals surface area contributed by atoms with E-state index in [2.05, 4.69) is 6.92 Å². The lowest BCUT2D eigenvalue weighted by Crippen LogP contribution is -2.38. The minimum absolute atomic E-state index is 0.127. The molecule has 112 valence electrons. The largest absolute Gasteiger partial charge is 0.377 e. The molecule has 1 aromatic rings. The van der Waals surface area contributed by atoms with E-state index in [1.54, 1.807) is 0 Å². The lowest BCUT2D eigenvalue weighted by Gasteiger charge is -2.24. The van der Waals surface area contributed by atoms with Crippen LogP contribution in [0.2, 0.25) is 0 Å². The van der Waals surface area contributed by atoms with Crippen LogP contribution in [0.4, 0.5) is 0 Å². The zero-order valence-corrected chi connectivity index (χ0v) is 13.3. The second-order valence-corrected chi connectivity index (χ2v) is 5.49. The topological polar surface area (TPSA) is 29.5 Å². The Hall–Kier alpha value is -1.19. The van der Waals surface area contributed by atoms with Crippen molar-refractivity contribution in [2.75, 3.05) is 20.2 Å². The van der Waals surface area contributed by atoms with Crippen LogP contribution in [-0.2, 0) is 11.2 Å². The Morgan fingerprint density at radius 2 is 1.80 bits per heavy atom.